The molecule has 4 aromatic rings. The zero-order valence-electron chi connectivity index (χ0n) is 30.5. The molecule has 5 heterocycles. The Morgan fingerprint density at radius 2 is 1.91 bits per heavy atom. The van der Waals surface area contributed by atoms with Crippen LogP contribution >= 0.6 is 11.3 Å². The fourth-order valence-corrected chi connectivity index (χ4v) is 8.71. The number of methoxy groups -OCH3 is 1. The van der Waals surface area contributed by atoms with Crippen molar-refractivity contribution in [2.75, 3.05) is 50.9 Å². The highest BCUT2D eigenvalue weighted by atomic mass is 32.1. The first-order valence-electron chi connectivity index (χ1n) is 18.1. The molecule has 1 aliphatic carbocycles. The van der Waals surface area contributed by atoms with E-state index in [2.05, 4.69) is 20.2 Å². The number of benzene rings is 2. The summed E-state index contributed by atoms with van der Waals surface area (Å²) in [4.78, 5) is 23.5. The second-order valence-electron chi connectivity index (χ2n) is 14.7. The molecule has 1 spiro atoms. The number of rotatable bonds is 5. The van der Waals surface area contributed by atoms with Crippen LogP contribution in [0.2, 0.25) is 0 Å². The lowest BCUT2D eigenvalue weighted by molar-refractivity contribution is -0.137. The fraction of sp³-hybridized carbons (Fsp3) is 0.526. The minimum absolute atomic E-state index is 0.0444. The van der Waals surface area contributed by atoms with Gasteiger partial charge in [0.05, 0.1) is 22.9 Å². The zero-order valence-corrected chi connectivity index (χ0v) is 31.4. The van der Waals surface area contributed by atoms with Crippen molar-refractivity contribution in [3.05, 3.63) is 41.0 Å². The Hall–Kier alpha value is -4.36. The first-order chi connectivity index (χ1) is 25.6. The molecule has 1 amide bonds. The van der Waals surface area contributed by atoms with Gasteiger partial charge in [-0.25, -0.2) is 13.2 Å². The third-order valence-electron chi connectivity index (χ3n) is 10.5. The molecule has 0 radical (unpaired) electrons. The normalized spacial score (nSPS) is 20.1. The van der Waals surface area contributed by atoms with E-state index < -0.39 is 40.6 Å². The number of nitriles is 1. The lowest BCUT2D eigenvalue weighted by atomic mass is 9.92. The van der Waals surface area contributed by atoms with Gasteiger partial charge in [-0.05, 0) is 68.6 Å². The van der Waals surface area contributed by atoms with Gasteiger partial charge in [0, 0.05) is 61.0 Å². The lowest BCUT2D eigenvalue weighted by Gasteiger charge is -2.18. The molecule has 2 unspecified atom stereocenters. The van der Waals surface area contributed by atoms with Crippen molar-refractivity contribution in [2.24, 2.45) is 11.3 Å². The van der Waals surface area contributed by atoms with Crippen molar-refractivity contribution >= 4 is 49.1 Å². The number of carbonyl (C=O) groups is 1. The molecule has 2 aromatic carbocycles. The molecular weight excluding hydrogens is 733 g/mol. The Labute approximate surface area is 313 Å². The minimum atomic E-state index is -5.00. The monoisotopic (exact) mass is 775 g/mol. The summed E-state index contributed by atoms with van der Waals surface area (Å²) in [5.74, 6) is -1.66. The average Bonchev–Trinajstić information content (AvgIpc) is 3.47. The van der Waals surface area contributed by atoms with Crippen LogP contribution in [-0.4, -0.2) is 77.7 Å². The van der Waals surface area contributed by atoms with E-state index in [-0.39, 0.29) is 55.9 Å². The number of thiophene rings is 1. The van der Waals surface area contributed by atoms with Gasteiger partial charge in [-0.1, -0.05) is 19.9 Å². The number of nitrogens with one attached hydrogen (secondary N) is 1. The Bertz CT molecular complexity index is 2070. The second kappa shape index (κ2) is 15.4. The number of nitrogens with zero attached hydrogens (tertiary/aromatic N) is 5. The molecular formula is C38H43F6N7O2S. The molecule has 3 N–H and O–H groups in total. The van der Waals surface area contributed by atoms with Crippen molar-refractivity contribution in [1.29, 1.82) is 5.26 Å². The Kier molecular flexibility index (Phi) is 11.2. The molecule has 4 fully saturated rings. The number of halogens is 6. The number of carbonyl (C=O) groups excluding carboxylic acids is 1. The van der Waals surface area contributed by atoms with Crippen LogP contribution < -0.4 is 15.8 Å². The number of likely N-dealkylation sites (tertiary alicyclic amines) is 1. The lowest BCUT2D eigenvalue weighted by Crippen LogP contribution is -2.31. The molecule has 1 saturated carbocycles. The standard InChI is InChI=1S/C21H14F5N5OS.C9H14FN.C8H15NO/c1-3-29-19-9-6-11(21(24,25)26)14(15(23)16(9)30-20(31-19)32-2)8-4-5-12(22)17-13(8)10(7-27)18(28)33-17;10-7-3-8-4-9(1-2-9)6-11(8)5-7;1-7(2)8(10)9-5-3-4-6-9/h4-6H,3,28H2,1-2H3,(H,29,30,31);7-8H,1-6H2;7H,3-6H2,1-2H3. The van der Waals surface area contributed by atoms with Crippen molar-refractivity contribution in [1.82, 2.24) is 19.8 Å². The highest BCUT2D eigenvalue weighted by Gasteiger charge is 2.54. The second-order valence-corrected chi connectivity index (χ2v) is 15.7. The number of nitrogens with two attached hydrogens (primary N) is 1. The van der Waals surface area contributed by atoms with Gasteiger partial charge in [0.15, 0.2) is 5.82 Å². The quantitative estimate of drug-likeness (QED) is 0.194. The highest BCUT2D eigenvalue weighted by molar-refractivity contribution is 7.23. The number of anilines is 2. The van der Waals surface area contributed by atoms with E-state index in [0.29, 0.717) is 28.7 Å². The number of nitrogen functional groups attached to an aromatic ring is 1. The van der Waals surface area contributed by atoms with Crippen molar-refractivity contribution < 1.29 is 35.9 Å². The molecule has 3 saturated heterocycles. The van der Waals surface area contributed by atoms with Crippen molar-refractivity contribution in [3.8, 4) is 23.2 Å². The highest BCUT2D eigenvalue weighted by Crippen LogP contribution is 2.56. The van der Waals surface area contributed by atoms with E-state index >= 15 is 4.39 Å². The number of aromatic nitrogens is 2. The summed E-state index contributed by atoms with van der Waals surface area (Å²) in [6.07, 6.45) is 1.82. The van der Waals surface area contributed by atoms with E-state index in [0.717, 1.165) is 44.3 Å². The fourth-order valence-electron chi connectivity index (χ4n) is 7.76. The Balaban J connectivity index is 0.000000189. The van der Waals surface area contributed by atoms with Gasteiger partial charge in [0.25, 0.3) is 0 Å². The number of alkyl halides is 4. The first-order valence-corrected chi connectivity index (χ1v) is 18.9. The number of hydrogen-bond donors (Lipinski definition) is 2. The third kappa shape index (κ3) is 7.75. The van der Waals surface area contributed by atoms with E-state index in [1.165, 1.54) is 45.8 Å². The smallest absolute Gasteiger partial charge is 0.417 e. The van der Waals surface area contributed by atoms with Crippen molar-refractivity contribution in [2.45, 2.75) is 77.7 Å². The largest absolute Gasteiger partial charge is 0.467 e. The van der Waals surface area contributed by atoms with Gasteiger partial charge in [-0.15, -0.1) is 11.3 Å². The topological polar surface area (TPSA) is 120 Å². The van der Waals surface area contributed by atoms with Crippen LogP contribution in [0.3, 0.4) is 0 Å². The van der Waals surface area contributed by atoms with Gasteiger partial charge >= 0.3 is 12.2 Å². The Morgan fingerprint density at radius 1 is 1.20 bits per heavy atom. The molecule has 54 heavy (non-hydrogen) atoms. The van der Waals surface area contributed by atoms with E-state index in [1.807, 2.05) is 18.7 Å². The van der Waals surface area contributed by atoms with Crippen LogP contribution in [0.25, 0.3) is 32.1 Å². The summed E-state index contributed by atoms with van der Waals surface area (Å²) in [6, 6.07) is 4.76. The molecule has 2 atom stereocenters. The van der Waals surface area contributed by atoms with Crippen LogP contribution in [-0.2, 0) is 11.0 Å². The van der Waals surface area contributed by atoms with E-state index in [4.69, 9.17) is 10.5 Å². The third-order valence-corrected chi connectivity index (χ3v) is 11.5. The van der Waals surface area contributed by atoms with E-state index in [1.54, 1.807) is 13.0 Å². The van der Waals surface area contributed by atoms with Crippen LogP contribution in [0.15, 0.2) is 18.2 Å². The van der Waals surface area contributed by atoms with Crippen LogP contribution in [0, 0.1) is 34.3 Å². The number of fused-ring (bicyclic) bond motifs is 3. The van der Waals surface area contributed by atoms with Gasteiger partial charge in [0.2, 0.25) is 5.91 Å². The predicted octanol–water partition coefficient (Wildman–Crippen LogP) is 8.55. The maximum absolute atomic E-state index is 15.9. The van der Waals surface area contributed by atoms with Gasteiger partial charge < -0.3 is 20.7 Å². The van der Waals surface area contributed by atoms with Crippen LogP contribution in [0.5, 0.6) is 6.01 Å². The number of hydrogen-bond acceptors (Lipinski definition) is 9. The summed E-state index contributed by atoms with van der Waals surface area (Å²) in [5, 5.41) is 11.8. The average molecular weight is 776 g/mol. The summed E-state index contributed by atoms with van der Waals surface area (Å²) >= 11 is 0.698. The molecule has 290 valence electrons. The Morgan fingerprint density at radius 3 is 2.48 bits per heavy atom. The summed E-state index contributed by atoms with van der Waals surface area (Å²) in [7, 11) is 1.23. The number of amides is 1. The molecule has 9 nitrogen and oxygen atoms in total. The van der Waals surface area contributed by atoms with E-state index in [9.17, 15) is 32.0 Å². The minimum Gasteiger partial charge on any atom is -0.467 e. The molecule has 8 rings (SSSR count). The van der Waals surface area contributed by atoms with Crippen LogP contribution in [0.1, 0.15) is 70.4 Å². The number of ether oxygens (including phenoxy) is 1. The summed E-state index contributed by atoms with van der Waals surface area (Å²) in [6.45, 7) is 9.80. The van der Waals surface area contributed by atoms with Gasteiger partial charge in [-0.2, -0.15) is 28.4 Å². The predicted molar refractivity (Wildman–Crippen MR) is 197 cm³/mol. The van der Waals surface area contributed by atoms with Gasteiger partial charge in [-0.3, -0.25) is 9.69 Å². The molecule has 16 heteroatoms. The maximum Gasteiger partial charge on any atom is 0.417 e. The summed E-state index contributed by atoms with van der Waals surface area (Å²) < 4.78 is 90.5. The SMILES string of the molecule is CC(C)C(=O)N1CCCC1.CCNc1nc(OC)nc2c(F)c(-c3ccc(F)c4sc(N)c(C#N)c34)c(C(F)(F)F)cc12.FC1CC2CC3(CC3)CN2C1. The summed E-state index contributed by atoms with van der Waals surface area (Å²) in [5.41, 5.74) is 3.28. The van der Waals surface area contributed by atoms with Gasteiger partial charge in [0.1, 0.15) is 34.4 Å². The van der Waals surface area contributed by atoms with Crippen LogP contribution in [0.4, 0.5) is 37.2 Å². The zero-order chi connectivity index (χ0) is 39.1. The molecule has 4 aliphatic rings. The van der Waals surface area contributed by atoms with Crippen molar-refractivity contribution in [3.63, 3.8) is 0 Å². The molecule has 2 aromatic heterocycles. The first kappa shape index (κ1) is 39.3. The maximum atomic E-state index is 15.9. The molecule has 0 bridgehead atoms. The molecule has 3 aliphatic heterocycles.